The van der Waals surface area contributed by atoms with E-state index in [2.05, 4.69) is 25.1 Å². The van der Waals surface area contributed by atoms with Gasteiger partial charge in [0, 0.05) is 6.92 Å². The average molecular weight is 214 g/mol. The Morgan fingerprint density at radius 2 is 1.81 bits per heavy atom. The van der Waals surface area contributed by atoms with Gasteiger partial charge in [-0.25, -0.2) is 0 Å². The monoisotopic (exact) mass is 214 g/mol. The van der Waals surface area contributed by atoms with Crippen molar-refractivity contribution in [3.05, 3.63) is 47.5 Å². The molecule has 0 aliphatic carbocycles. The number of carbonyl (C=O) groups excluding carboxylic acids is 1. The van der Waals surface area contributed by atoms with Crippen molar-refractivity contribution in [1.82, 2.24) is 0 Å². The van der Waals surface area contributed by atoms with Crippen molar-refractivity contribution in [2.45, 2.75) is 20.5 Å². The molecule has 0 radical (unpaired) electrons. The van der Waals surface area contributed by atoms with Gasteiger partial charge < -0.3 is 4.74 Å². The van der Waals surface area contributed by atoms with E-state index in [0.29, 0.717) is 6.61 Å². The highest BCUT2D eigenvalue weighted by molar-refractivity contribution is 5.88. The maximum atomic E-state index is 10.8. The first-order chi connectivity index (χ1) is 7.68. The summed E-state index contributed by atoms with van der Waals surface area (Å²) in [4.78, 5) is 10.8. The summed E-state index contributed by atoms with van der Waals surface area (Å²) in [6.45, 7) is 3.85. The van der Waals surface area contributed by atoms with Crippen molar-refractivity contribution >= 4 is 16.7 Å². The van der Waals surface area contributed by atoms with Gasteiger partial charge in [-0.2, -0.15) is 0 Å². The maximum absolute atomic E-state index is 10.8. The van der Waals surface area contributed by atoms with Gasteiger partial charge in [0.15, 0.2) is 0 Å². The Morgan fingerprint density at radius 1 is 1.12 bits per heavy atom. The summed E-state index contributed by atoms with van der Waals surface area (Å²) < 4.78 is 5.04. The zero-order chi connectivity index (χ0) is 11.5. The predicted molar refractivity (Wildman–Crippen MR) is 64.2 cm³/mol. The predicted octanol–water partition coefficient (Wildman–Crippen LogP) is 3.21. The lowest BCUT2D eigenvalue weighted by Gasteiger charge is -2.08. The Bertz CT molecular complexity index is 529. The minimum atomic E-state index is -0.246. The minimum absolute atomic E-state index is 0.246. The molecular formula is C14H14O2. The van der Waals surface area contributed by atoms with Gasteiger partial charge in [0.2, 0.25) is 0 Å². The lowest BCUT2D eigenvalue weighted by molar-refractivity contribution is -0.142. The molecule has 0 saturated carbocycles. The third kappa shape index (κ3) is 2.06. The van der Waals surface area contributed by atoms with Crippen molar-refractivity contribution in [2.24, 2.45) is 0 Å². The summed E-state index contributed by atoms with van der Waals surface area (Å²) in [6.07, 6.45) is 0. The molecule has 0 heterocycles. The molecule has 2 aromatic carbocycles. The molecule has 0 aliphatic rings. The van der Waals surface area contributed by atoms with Crippen molar-refractivity contribution in [1.29, 1.82) is 0 Å². The summed E-state index contributed by atoms with van der Waals surface area (Å²) in [7, 11) is 0. The topological polar surface area (TPSA) is 26.3 Å². The second-order valence-corrected chi connectivity index (χ2v) is 3.87. The fraction of sp³-hybridized carbons (Fsp3) is 0.214. The lowest BCUT2D eigenvalue weighted by atomic mass is 10.0. The summed E-state index contributed by atoms with van der Waals surface area (Å²) in [5.41, 5.74) is 2.29. The van der Waals surface area contributed by atoms with E-state index in [-0.39, 0.29) is 5.97 Å². The Kier molecular flexibility index (Phi) is 2.91. The number of esters is 1. The zero-order valence-electron chi connectivity index (χ0n) is 9.49. The van der Waals surface area contributed by atoms with Gasteiger partial charge in [-0.05, 0) is 28.8 Å². The molecule has 0 amide bonds. The van der Waals surface area contributed by atoms with Crippen LogP contribution in [0.1, 0.15) is 18.1 Å². The second kappa shape index (κ2) is 4.35. The first kappa shape index (κ1) is 10.7. The number of hydrogen-bond acceptors (Lipinski definition) is 2. The number of benzene rings is 2. The van der Waals surface area contributed by atoms with Gasteiger partial charge in [-0.3, -0.25) is 4.79 Å². The van der Waals surface area contributed by atoms with Crippen molar-refractivity contribution < 1.29 is 9.53 Å². The fourth-order valence-corrected chi connectivity index (χ4v) is 1.82. The van der Waals surface area contributed by atoms with Crippen molar-refractivity contribution in [3.8, 4) is 0 Å². The maximum Gasteiger partial charge on any atom is 0.302 e. The SMILES string of the molecule is CC(=O)OCc1ccc(C)c2ccccc12. The summed E-state index contributed by atoms with van der Waals surface area (Å²) in [5.74, 6) is -0.246. The van der Waals surface area contributed by atoms with E-state index in [1.54, 1.807) is 0 Å². The molecule has 0 atom stereocenters. The number of carbonyl (C=O) groups is 1. The Hall–Kier alpha value is -1.83. The number of aryl methyl sites for hydroxylation is 1. The lowest BCUT2D eigenvalue weighted by Crippen LogP contribution is -1.99. The van der Waals surface area contributed by atoms with Gasteiger partial charge in [-0.15, -0.1) is 0 Å². The third-order valence-corrected chi connectivity index (χ3v) is 2.66. The van der Waals surface area contributed by atoms with E-state index < -0.39 is 0 Å². The molecule has 0 aromatic heterocycles. The molecule has 0 bridgehead atoms. The Labute approximate surface area is 94.8 Å². The van der Waals surface area contributed by atoms with Crippen LogP contribution in [0.5, 0.6) is 0 Å². The van der Waals surface area contributed by atoms with E-state index in [1.165, 1.54) is 17.9 Å². The third-order valence-electron chi connectivity index (χ3n) is 2.66. The van der Waals surface area contributed by atoms with Gasteiger partial charge in [0.1, 0.15) is 6.61 Å². The van der Waals surface area contributed by atoms with Crippen LogP contribution in [0, 0.1) is 6.92 Å². The molecule has 0 saturated heterocycles. The highest BCUT2D eigenvalue weighted by atomic mass is 16.5. The molecule has 82 valence electrons. The minimum Gasteiger partial charge on any atom is -0.461 e. The molecule has 2 heteroatoms. The average Bonchev–Trinajstić information content (AvgIpc) is 2.28. The van der Waals surface area contributed by atoms with E-state index in [4.69, 9.17) is 4.74 Å². The Morgan fingerprint density at radius 3 is 2.50 bits per heavy atom. The summed E-state index contributed by atoms with van der Waals surface area (Å²) >= 11 is 0. The van der Waals surface area contributed by atoms with Crippen LogP contribution in [0.15, 0.2) is 36.4 Å². The molecule has 16 heavy (non-hydrogen) atoms. The van der Waals surface area contributed by atoms with Crippen LogP contribution in [0.4, 0.5) is 0 Å². The number of ether oxygens (including phenoxy) is 1. The molecular weight excluding hydrogens is 200 g/mol. The van der Waals surface area contributed by atoms with Crippen LogP contribution < -0.4 is 0 Å². The second-order valence-electron chi connectivity index (χ2n) is 3.87. The van der Waals surface area contributed by atoms with Crippen LogP contribution in [0.2, 0.25) is 0 Å². The normalized spacial score (nSPS) is 10.4. The highest BCUT2D eigenvalue weighted by Gasteiger charge is 2.04. The van der Waals surface area contributed by atoms with E-state index >= 15 is 0 Å². The first-order valence-electron chi connectivity index (χ1n) is 5.29. The molecule has 0 fully saturated rings. The molecule has 0 spiro atoms. The largest absolute Gasteiger partial charge is 0.461 e. The molecule has 0 aliphatic heterocycles. The van der Waals surface area contributed by atoms with Gasteiger partial charge in [0.25, 0.3) is 0 Å². The number of hydrogen-bond donors (Lipinski definition) is 0. The van der Waals surface area contributed by atoms with Crippen LogP contribution in [-0.4, -0.2) is 5.97 Å². The van der Waals surface area contributed by atoms with Crippen molar-refractivity contribution in [3.63, 3.8) is 0 Å². The fourth-order valence-electron chi connectivity index (χ4n) is 1.82. The first-order valence-corrected chi connectivity index (χ1v) is 5.29. The smallest absolute Gasteiger partial charge is 0.302 e. The van der Waals surface area contributed by atoms with E-state index in [0.717, 1.165) is 10.9 Å². The van der Waals surface area contributed by atoms with Crippen LogP contribution >= 0.6 is 0 Å². The zero-order valence-corrected chi connectivity index (χ0v) is 9.49. The molecule has 0 N–H and O–H groups in total. The van der Waals surface area contributed by atoms with Crippen LogP contribution in [0.3, 0.4) is 0 Å². The van der Waals surface area contributed by atoms with Gasteiger partial charge in [-0.1, -0.05) is 36.4 Å². The van der Waals surface area contributed by atoms with Crippen LogP contribution in [-0.2, 0) is 16.1 Å². The van der Waals surface area contributed by atoms with E-state index in [9.17, 15) is 4.79 Å². The quantitative estimate of drug-likeness (QED) is 0.717. The molecule has 2 nitrogen and oxygen atoms in total. The van der Waals surface area contributed by atoms with Gasteiger partial charge in [0.05, 0.1) is 0 Å². The highest BCUT2D eigenvalue weighted by Crippen LogP contribution is 2.22. The summed E-state index contributed by atoms with van der Waals surface area (Å²) in [6, 6.07) is 12.2. The molecule has 2 aromatic rings. The van der Waals surface area contributed by atoms with Crippen molar-refractivity contribution in [2.75, 3.05) is 0 Å². The summed E-state index contributed by atoms with van der Waals surface area (Å²) in [5, 5.41) is 2.37. The molecule has 0 unspecified atom stereocenters. The van der Waals surface area contributed by atoms with Crippen LogP contribution in [0.25, 0.3) is 10.8 Å². The number of rotatable bonds is 2. The van der Waals surface area contributed by atoms with E-state index in [1.807, 2.05) is 18.2 Å². The Balaban J connectivity index is 2.46. The number of fused-ring (bicyclic) bond motifs is 1. The van der Waals surface area contributed by atoms with Gasteiger partial charge >= 0.3 is 5.97 Å². The molecule has 2 rings (SSSR count). The standard InChI is InChI=1S/C14H14O2/c1-10-7-8-12(9-16-11(2)15)14-6-4-3-5-13(10)14/h3-8H,9H2,1-2H3.